The van der Waals surface area contributed by atoms with Crippen molar-refractivity contribution >= 4 is 17.5 Å². The smallest absolute Gasteiger partial charge is 0.335 e. The van der Waals surface area contributed by atoms with Crippen LogP contribution in [0.25, 0.3) is 0 Å². The molecule has 3 rings (SSSR count). The standard InChI is InChI=1S/C13H19NO.C13H15NO.C8H5NO2/c2*1-13(2,3)8-12(15)11-6-4-10(9-14)5-7-11;9-5-6-1-3-7(4-2-6)8(10)11/h4-7H,8-9,14H2,1-3H3;4-7H,8H2,1-3H3;1-4H,(H,10,11). The zero-order chi connectivity index (χ0) is 31.2. The Morgan fingerprint density at radius 1 is 0.634 bits per heavy atom. The number of hydrogen-bond donors (Lipinski definition) is 2. The molecule has 0 aromatic heterocycles. The van der Waals surface area contributed by atoms with Gasteiger partial charge in [-0.25, -0.2) is 4.79 Å². The third-order valence-electron chi connectivity index (χ3n) is 5.49. The number of nitriles is 2. The number of nitrogens with two attached hydrogens (primary N) is 1. The summed E-state index contributed by atoms with van der Waals surface area (Å²) in [4.78, 5) is 33.9. The van der Waals surface area contributed by atoms with Crippen LogP contribution in [0.5, 0.6) is 0 Å². The topological polar surface area (TPSA) is 145 Å². The molecule has 214 valence electrons. The minimum atomic E-state index is -0.977. The average molecular weight is 554 g/mol. The molecule has 7 nitrogen and oxygen atoms in total. The van der Waals surface area contributed by atoms with E-state index in [1.54, 1.807) is 24.3 Å². The van der Waals surface area contributed by atoms with E-state index in [0.29, 0.717) is 36.1 Å². The molecule has 3 N–H and O–H groups in total. The summed E-state index contributed by atoms with van der Waals surface area (Å²) in [6, 6.07) is 24.0. The van der Waals surface area contributed by atoms with E-state index >= 15 is 0 Å². The van der Waals surface area contributed by atoms with Crippen LogP contribution < -0.4 is 5.73 Å². The molecule has 0 aliphatic heterocycles. The number of carbonyl (C=O) groups is 3. The Hall–Kier alpha value is -4.59. The largest absolute Gasteiger partial charge is 0.478 e. The summed E-state index contributed by atoms with van der Waals surface area (Å²) in [5.41, 5.74) is 9.32. The van der Waals surface area contributed by atoms with Crippen molar-refractivity contribution in [3.8, 4) is 12.1 Å². The van der Waals surface area contributed by atoms with E-state index in [-0.39, 0.29) is 28.0 Å². The third kappa shape index (κ3) is 13.9. The summed E-state index contributed by atoms with van der Waals surface area (Å²) in [7, 11) is 0. The van der Waals surface area contributed by atoms with Gasteiger partial charge in [0.05, 0.1) is 28.8 Å². The summed E-state index contributed by atoms with van der Waals surface area (Å²) >= 11 is 0. The lowest BCUT2D eigenvalue weighted by atomic mass is 9.88. The number of carbonyl (C=O) groups excluding carboxylic acids is 2. The third-order valence-corrected chi connectivity index (χ3v) is 5.49. The Kier molecular flexibility index (Phi) is 13.3. The highest BCUT2D eigenvalue weighted by atomic mass is 16.4. The summed E-state index contributed by atoms with van der Waals surface area (Å²) in [5.74, 6) is -0.646. The number of carboxylic acids is 1. The van der Waals surface area contributed by atoms with Gasteiger partial charge in [-0.15, -0.1) is 0 Å². The van der Waals surface area contributed by atoms with Crippen molar-refractivity contribution in [1.29, 1.82) is 10.5 Å². The van der Waals surface area contributed by atoms with Gasteiger partial charge in [0.2, 0.25) is 0 Å². The number of benzene rings is 3. The van der Waals surface area contributed by atoms with Gasteiger partial charge < -0.3 is 10.8 Å². The second-order valence-electron chi connectivity index (χ2n) is 11.9. The zero-order valence-corrected chi connectivity index (χ0v) is 24.7. The van der Waals surface area contributed by atoms with Crippen LogP contribution in [0.15, 0.2) is 72.8 Å². The van der Waals surface area contributed by atoms with Gasteiger partial charge in [0.1, 0.15) is 0 Å². The second kappa shape index (κ2) is 15.9. The number of hydrogen-bond acceptors (Lipinski definition) is 6. The van der Waals surface area contributed by atoms with Gasteiger partial charge in [-0.3, -0.25) is 9.59 Å². The van der Waals surface area contributed by atoms with Crippen LogP contribution in [-0.4, -0.2) is 22.6 Å². The van der Waals surface area contributed by atoms with E-state index in [4.69, 9.17) is 21.4 Å². The van der Waals surface area contributed by atoms with Crippen molar-refractivity contribution in [2.45, 2.75) is 60.9 Å². The number of nitrogens with zero attached hydrogens (tertiary/aromatic N) is 2. The van der Waals surface area contributed by atoms with E-state index in [2.05, 4.69) is 20.8 Å². The average Bonchev–Trinajstić information content (AvgIpc) is 2.92. The molecule has 0 spiro atoms. The Balaban J connectivity index is 0.000000312. The monoisotopic (exact) mass is 553 g/mol. The minimum Gasteiger partial charge on any atom is -0.478 e. The van der Waals surface area contributed by atoms with Gasteiger partial charge in [-0.05, 0) is 52.8 Å². The number of rotatable bonds is 6. The first-order chi connectivity index (χ1) is 19.1. The van der Waals surface area contributed by atoms with Crippen LogP contribution in [0.4, 0.5) is 0 Å². The van der Waals surface area contributed by atoms with Crippen LogP contribution >= 0.6 is 0 Å². The summed E-state index contributed by atoms with van der Waals surface area (Å²) in [5, 5.41) is 25.5. The molecule has 0 aliphatic carbocycles. The molecule has 0 radical (unpaired) electrons. The van der Waals surface area contributed by atoms with E-state index in [1.807, 2.05) is 57.2 Å². The molecule has 7 heteroatoms. The van der Waals surface area contributed by atoms with Gasteiger partial charge >= 0.3 is 5.97 Å². The number of ketones is 2. The number of carboxylic acid groups (broad SMARTS) is 1. The molecule has 0 atom stereocenters. The number of aromatic carboxylic acids is 1. The maximum absolute atomic E-state index is 11.8. The summed E-state index contributed by atoms with van der Waals surface area (Å²) in [6.07, 6.45) is 1.11. The zero-order valence-electron chi connectivity index (χ0n) is 24.7. The second-order valence-corrected chi connectivity index (χ2v) is 11.9. The maximum Gasteiger partial charge on any atom is 0.335 e. The first kappa shape index (κ1) is 34.4. The fourth-order valence-corrected chi connectivity index (χ4v) is 3.41. The van der Waals surface area contributed by atoms with Crippen molar-refractivity contribution in [1.82, 2.24) is 0 Å². The van der Waals surface area contributed by atoms with E-state index < -0.39 is 5.97 Å². The quantitative estimate of drug-likeness (QED) is 0.307. The Bertz CT molecular complexity index is 1380. The molecule has 0 amide bonds. The van der Waals surface area contributed by atoms with Crippen molar-refractivity contribution < 1.29 is 19.5 Å². The lowest BCUT2D eigenvalue weighted by Gasteiger charge is -2.16. The van der Waals surface area contributed by atoms with Crippen molar-refractivity contribution in [2.24, 2.45) is 16.6 Å². The molecule has 0 unspecified atom stereocenters. The van der Waals surface area contributed by atoms with Gasteiger partial charge in [-0.1, -0.05) is 77.9 Å². The molecular weight excluding hydrogens is 514 g/mol. The Morgan fingerprint density at radius 3 is 1.22 bits per heavy atom. The highest BCUT2D eigenvalue weighted by molar-refractivity contribution is 5.97. The van der Waals surface area contributed by atoms with E-state index in [1.165, 1.54) is 24.3 Å². The van der Waals surface area contributed by atoms with Crippen molar-refractivity contribution in [3.63, 3.8) is 0 Å². The lowest BCUT2D eigenvalue weighted by molar-refractivity contribution is 0.0696. The predicted molar refractivity (Wildman–Crippen MR) is 160 cm³/mol. The minimum absolute atomic E-state index is 0.00494. The van der Waals surface area contributed by atoms with Crippen LogP contribution in [-0.2, 0) is 6.54 Å². The van der Waals surface area contributed by atoms with Crippen LogP contribution in [0.1, 0.15) is 102 Å². The molecule has 0 fully saturated rings. The Labute approximate surface area is 243 Å². The first-order valence-electron chi connectivity index (χ1n) is 13.2. The highest BCUT2D eigenvalue weighted by Crippen LogP contribution is 2.22. The predicted octanol–water partition coefficient (Wildman–Crippen LogP) is 7.20. The first-order valence-corrected chi connectivity index (χ1v) is 13.2. The molecule has 0 saturated heterocycles. The van der Waals surface area contributed by atoms with E-state index in [9.17, 15) is 14.4 Å². The van der Waals surface area contributed by atoms with Crippen LogP contribution in [0, 0.1) is 33.5 Å². The van der Waals surface area contributed by atoms with E-state index in [0.717, 1.165) is 11.1 Å². The van der Waals surface area contributed by atoms with Gasteiger partial charge in [0.15, 0.2) is 11.6 Å². The molecular formula is C34H39N3O4. The summed E-state index contributed by atoms with van der Waals surface area (Å²) < 4.78 is 0. The van der Waals surface area contributed by atoms with Gasteiger partial charge in [0.25, 0.3) is 0 Å². The van der Waals surface area contributed by atoms with Gasteiger partial charge in [0, 0.05) is 30.5 Å². The summed E-state index contributed by atoms with van der Waals surface area (Å²) in [6.45, 7) is 12.8. The molecule has 0 heterocycles. The highest BCUT2D eigenvalue weighted by Gasteiger charge is 2.18. The van der Waals surface area contributed by atoms with Crippen LogP contribution in [0.3, 0.4) is 0 Å². The lowest BCUT2D eigenvalue weighted by Crippen LogP contribution is -2.13. The molecule has 3 aromatic carbocycles. The van der Waals surface area contributed by atoms with Crippen LogP contribution in [0.2, 0.25) is 0 Å². The normalized spacial score (nSPS) is 10.5. The molecule has 0 aliphatic rings. The SMILES string of the molecule is CC(C)(C)CC(=O)c1ccc(C#N)cc1.CC(C)(C)CC(=O)c1ccc(CN)cc1.N#Cc1ccc(C(=O)O)cc1. The fourth-order valence-electron chi connectivity index (χ4n) is 3.41. The number of Topliss-reactive ketones (excluding diaryl/α,β-unsaturated/α-hetero) is 2. The maximum atomic E-state index is 11.8. The Morgan fingerprint density at radius 2 is 0.951 bits per heavy atom. The van der Waals surface area contributed by atoms with Crippen molar-refractivity contribution in [2.75, 3.05) is 0 Å². The molecule has 3 aromatic rings. The molecule has 0 bridgehead atoms. The molecule has 0 saturated carbocycles. The van der Waals surface area contributed by atoms with Crippen molar-refractivity contribution in [3.05, 3.63) is 106 Å². The van der Waals surface area contributed by atoms with Gasteiger partial charge in [-0.2, -0.15) is 10.5 Å². The fraction of sp³-hybridized carbons (Fsp3) is 0.324. The molecule has 41 heavy (non-hydrogen) atoms.